The molecule has 0 saturated carbocycles. The van der Waals surface area contributed by atoms with Gasteiger partial charge in [-0.2, -0.15) is 0 Å². The van der Waals surface area contributed by atoms with Gasteiger partial charge in [-0.15, -0.1) is 0 Å². The number of phenols is 1. The Morgan fingerprint density at radius 1 is 1.47 bits per heavy atom. The molecule has 0 fully saturated rings. The van der Waals surface area contributed by atoms with E-state index in [1.54, 1.807) is 0 Å². The molecule has 15 heavy (non-hydrogen) atoms. The van der Waals surface area contributed by atoms with Gasteiger partial charge in [-0.05, 0) is 0 Å². The number of hydrogen-bond acceptors (Lipinski definition) is 3. The van der Waals surface area contributed by atoms with Gasteiger partial charge in [-0.1, -0.05) is 0 Å². The van der Waals surface area contributed by atoms with Crippen molar-refractivity contribution in [3.8, 4) is 5.75 Å². The van der Waals surface area contributed by atoms with Crippen LogP contribution < -0.4 is 5.73 Å². The molecule has 0 amide bonds. The summed E-state index contributed by atoms with van der Waals surface area (Å²) in [4.78, 5) is 10.3. The Morgan fingerprint density at radius 2 is 2.07 bits per heavy atom. The van der Waals surface area contributed by atoms with Crippen molar-refractivity contribution in [2.24, 2.45) is 5.73 Å². The van der Waals surface area contributed by atoms with Crippen molar-refractivity contribution >= 4 is 5.97 Å². The zero-order valence-electron chi connectivity index (χ0n) is 7.58. The number of rotatable bonds is 3. The quantitative estimate of drug-likeness (QED) is 0.709. The molecule has 0 spiro atoms. The summed E-state index contributed by atoms with van der Waals surface area (Å²) in [7, 11) is 0. The second kappa shape index (κ2) is 4.22. The highest BCUT2D eigenvalue weighted by Crippen LogP contribution is 2.28. The molecular weight excluding hydrogens is 208 g/mol. The predicted molar refractivity (Wildman–Crippen MR) is 47.2 cm³/mol. The van der Waals surface area contributed by atoms with Crippen molar-refractivity contribution in [2.75, 3.05) is 0 Å². The van der Waals surface area contributed by atoms with Gasteiger partial charge in [0.15, 0.2) is 0 Å². The molecule has 4 N–H and O–H groups in total. The van der Waals surface area contributed by atoms with E-state index in [-0.39, 0.29) is 5.56 Å². The van der Waals surface area contributed by atoms with Gasteiger partial charge in [0.25, 0.3) is 0 Å². The number of aliphatic carboxylic acids is 1. The molecule has 6 heteroatoms. The van der Waals surface area contributed by atoms with Crippen LogP contribution in [0.5, 0.6) is 5.75 Å². The number of nitrogens with two attached hydrogens (primary N) is 1. The monoisotopic (exact) mass is 217 g/mol. The fraction of sp³-hybridized carbons (Fsp3) is 0.222. The van der Waals surface area contributed by atoms with Crippen molar-refractivity contribution in [3.05, 3.63) is 29.3 Å². The number of hydrogen-bond donors (Lipinski definition) is 3. The van der Waals surface area contributed by atoms with Crippen LogP contribution in [-0.4, -0.2) is 16.2 Å². The van der Waals surface area contributed by atoms with Crippen LogP contribution in [0.3, 0.4) is 0 Å². The number of benzene rings is 1. The van der Waals surface area contributed by atoms with E-state index >= 15 is 0 Å². The van der Waals surface area contributed by atoms with Crippen LogP contribution in [0.2, 0.25) is 0 Å². The Balaban J connectivity index is 3.08. The largest absolute Gasteiger partial charge is 0.507 e. The summed E-state index contributed by atoms with van der Waals surface area (Å²) in [6.07, 6.45) is -0.546. The maximum absolute atomic E-state index is 13.1. The third kappa shape index (κ3) is 2.63. The third-order valence-corrected chi connectivity index (χ3v) is 1.84. The summed E-state index contributed by atoms with van der Waals surface area (Å²) in [6.45, 7) is 0. The zero-order chi connectivity index (χ0) is 11.6. The highest BCUT2D eigenvalue weighted by atomic mass is 19.1. The summed E-state index contributed by atoms with van der Waals surface area (Å²) in [5, 5.41) is 17.6. The average molecular weight is 217 g/mol. The van der Waals surface area contributed by atoms with Gasteiger partial charge in [0.2, 0.25) is 0 Å². The number of carboxylic acids is 1. The minimum Gasteiger partial charge on any atom is -0.507 e. The molecule has 0 radical (unpaired) electrons. The van der Waals surface area contributed by atoms with E-state index in [0.717, 1.165) is 0 Å². The first-order chi connectivity index (χ1) is 6.91. The van der Waals surface area contributed by atoms with Crippen LogP contribution >= 0.6 is 0 Å². The molecule has 4 nitrogen and oxygen atoms in total. The van der Waals surface area contributed by atoms with Crippen LogP contribution in [0.15, 0.2) is 12.1 Å². The molecule has 0 aliphatic rings. The molecule has 0 aromatic heterocycles. The Labute approximate surface area is 83.9 Å². The lowest BCUT2D eigenvalue weighted by atomic mass is 10.0. The Kier molecular flexibility index (Phi) is 3.21. The molecule has 1 unspecified atom stereocenters. The van der Waals surface area contributed by atoms with Crippen LogP contribution in [-0.2, 0) is 4.79 Å². The SMILES string of the molecule is NC(CC(=O)O)c1c(O)cc(F)cc1F. The van der Waals surface area contributed by atoms with Gasteiger partial charge in [0.1, 0.15) is 17.4 Å². The number of carboxylic acid groups (broad SMARTS) is 1. The number of carbonyl (C=O) groups is 1. The first-order valence-electron chi connectivity index (χ1n) is 4.07. The lowest BCUT2D eigenvalue weighted by molar-refractivity contribution is -0.137. The van der Waals surface area contributed by atoms with Gasteiger partial charge in [-0.3, -0.25) is 4.79 Å². The highest BCUT2D eigenvalue weighted by molar-refractivity contribution is 5.68. The molecule has 1 aromatic rings. The first kappa shape index (κ1) is 11.4. The number of aromatic hydroxyl groups is 1. The normalized spacial score (nSPS) is 12.5. The van der Waals surface area contributed by atoms with Crippen LogP contribution in [0.1, 0.15) is 18.0 Å². The molecule has 0 heterocycles. The van der Waals surface area contributed by atoms with Crippen LogP contribution in [0.4, 0.5) is 8.78 Å². The third-order valence-electron chi connectivity index (χ3n) is 1.84. The van der Waals surface area contributed by atoms with E-state index in [9.17, 15) is 18.7 Å². The lowest BCUT2D eigenvalue weighted by Gasteiger charge is -2.12. The van der Waals surface area contributed by atoms with Crippen molar-refractivity contribution in [2.45, 2.75) is 12.5 Å². The van der Waals surface area contributed by atoms with E-state index in [1.807, 2.05) is 0 Å². The van der Waals surface area contributed by atoms with E-state index in [1.165, 1.54) is 0 Å². The van der Waals surface area contributed by atoms with Gasteiger partial charge >= 0.3 is 5.97 Å². The van der Waals surface area contributed by atoms with Gasteiger partial charge in [0.05, 0.1) is 6.42 Å². The number of halogens is 2. The van der Waals surface area contributed by atoms with Crippen molar-refractivity contribution in [3.63, 3.8) is 0 Å². The zero-order valence-corrected chi connectivity index (χ0v) is 7.58. The maximum Gasteiger partial charge on any atom is 0.305 e. The Hall–Kier alpha value is -1.69. The van der Waals surface area contributed by atoms with Crippen molar-refractivity contribution < 1.29 is 23.8 Å². The lowest BCUT2D eigenvalue weighted by Crippen LogP contribution is -2.16. The molecule has 0 aliphatic carbocycles. The molecule has 1 atom stereocenters. The fourth-order valence-electron chi connectivity index (χ4n) is 1.23. The standard InChI is InChI=1S/C9H9F2NO3/c10-4-1-5(11)9(7(13)2-4)6(12)3-8(14)15/h1-2,6,13H,3,12H2,(H,14,15). The van der Waals surface area contributed by atoms with Gasteiger partial charge in [-0.25, -0.2) is 8.78 Å². The molecule has 1 rings (SSSR count). The van der Waals surface area contributed by atoms with E-state index in [0.29, 0.717) is 12.1 Å². The summed E-state index contributed by atoms with van der Waals surface area (Å²) < 4.78 is 25.7. The smallest absolute Gasteiger partial charge is 0.305 e. The van der Waals surface area contributed by atoms with Crippen LogP contribution in [0.25, 0.3) is 0 Å². The predicted octanol–water partition coefficient (Wildman–Crippen LogP) is 1.14. The minimum atomic E-state index is -1.23. The molecule has 0 aliphatic heterocycles. The average Bonchev–Trinajstić information content (AvgIpc) is 1.99. The summed E-state index contributed by atoms with van der Waals surface area (Å²) in [5.74, 6) is -3.91. The number of phenolic OH excluding ortho intramolecular Hbond substituents is 1. The van der Waals surface area contributed by atoms with Crippen LogP contribution in [0, 0.1) is 11.6 Å². The summed E-state index contributed by atoms with van der Waals surface area (Å²) in [6, 6.07) is 0.0137. The second-order valence-corrected chi connectivity index (χ2v) is 3.02. The van der Waals surface area contributed by atoms with E-state index in [2.05, 4.69) is 0 Å². The van der Waals surface area contributed by atoms with E-state index < -0.39 is 35.8 Å². The first-order valence-corrected chi connectivity index (χ1v) is 4.07. The molecule has 0 saturated heterocycles. The Morgan fingerprint density at radius 3 is 2.53 bits per heavy atom. The maximum atomic E-state index is 13.1. The molecule has 82 valence electrons. The fourth-order valence-corrected chi connectivity index (χ4v) is 1.23. The Bertz CT molecular complexity index is 372. The topological polar surface area (TPSA) is 83.6 Å². The molecule has 0 bridgehead atoms. The summed E-state index contributed by atoms with van der Waals surface area (Å²) >= 11 is 0. The molecule has 1 aromatic carbocycles. The molecular formula is C9H9F2NO3. The van der Waals surface area contributed by atoms with Crippen molar-refractivity contribution in [1.29, 1.82) is 0 Å². The van der Waals surface area contributed by atoms with Gasteiger partial charge in [0, 0.05) is 23.7 Å². The van der Waals surface area contributed by atoms with Gasteiger partial charge < -0.3 is 15.9 Å². The highest BCUT2D eigenvalue weighted by Gasteiger charge is 2.19. The minimum absolute atomic E-state index is 0.390. The van der Waals surface area contributed by atoms with Crippen molar-refractivity contribution in [1.82, 2.24) is 0 Å². The second-order valence-electron chi connectivity index (χ2n) is 3.02. The summed E-state index contributed by atoms with van der Waals surface area (Å²) in [5.41, 5.74) is 4.95. The van der Waals surface area contributed by atoms with E-state index in [4.69, 9.17) is 10.8 Å².